The largest absolute Gasteiger partial charge is 0.492 e. The highest BCUT2D eigenvalue weighted by Gasteiger charge is 2.64. The second-order valence-electron chi connectivity index (χ2n) is 6.26. The Morgan fingerprint density at radius 1 is 0.913 bits per heavy atom. The standard InChI is InChI=1S/C19H21Cl2NO/c1-22(2)12-13-23-16-10-8-15(9-11-16)18-17(19(18,20)21)14-6-4-3-5-7-14/h3-11,17-18H,12-13H2,1-2H3. The summed E-state index contributed by atoms with van der Waals surface area (Å²) in [5, 5.41) is 0. The van der Waals surface area contributed by atoms with Crippen LogP contribution < -0.4 is 4.74 Å². The van der Waals surface area contributed by atoms with Crippen molar-refractivity contribution in [3.05, 3.63) is 65.7 Å². The monoisotopic (exact) mass is 349 g/mol. The Kier molecular flexibility index (Phi) is 4.86. The van der Waals surface area contributed by atoms with Gasteiger partial charge in [0.15, 0.2) is 0 Å². The summed E-state index contributed by atoms with van der Waals surface area (Å²) in [6.45, 7) is 1.57. The van der Waals surface area contributed by atoms with Gasteiger partial charge in [-0.3, -0.25) is 0 Å². The Bertz CT molecular complexity index is 640. The van der Waals surface area contributed by atoms with Crippen LogP contribution in [0.2, 0.25) is 0 Å². The van der Waals surface area contributed by atoms with Crippen LogP contribution in [0.5, 0.6) is 5.75 Å². The minimum atomic E-state index is -0.728. The molecule has 0 bridgehead atoms. The molecule has 2 aromatic rings. The molecule has 0 spiro atoms. The topological polar surface area (TPSA) is 12.5 Å². The van der Waals surface area contributed by atoms with Crippen LogP contribution >= 0.6 is 23.2 Å². The SMILES string of the molecule is CN(C)CCOc1ccc(C2C(c3ccccc3)C2(Cl)Cl)cc1. The third-order valence-electron chi connectivity index (χ3n) is 4.26. The van der Waals surface area contributed by atoms with Crippen molar-refractivity contribution in [2.45, 2.75) is 16.2 Å². The average Bonchev–Trinajstić information content (AvgIpc) is 3.11. The van der Waals surface area contributed by atoms with Crippen molar-refractivity contribution in [2.24, 2.45) is 0 Å². The van der Waals surface area contributed by atoms with Crippen LogP contribution in [0.15, 0.2) is 54.6 Å². The lowest BCUT2D eigenvalue weighted by atomic mass is 10.0. The molecular weight excluding hydrogens is 329 g/mol. The molecule has 122 valence electrons. The average molecular weight is 350 g/mol. The van der Waals surface area contributed by atoms with Gasteiger partial charge in [0, 0.05) is 18.4 Å². The van der Waals surface area contributed by atoms with E-state index in [-0.39, 0.29) is 11.8 Å². The third-order valence-corrected chi connectivity index (χ3v) is 5.20. The van der Waals surface area contributed by atoms with Gasteiger partial charge in [0.05, 0.1) is 0 Å². The van der Waals surface area contributed by atoms with Gasteiger partial charge in [-0.15, -0.1) is 23.2 Å². The number of likely N-dealkylation sites (N-methyl/N-ethyl adjacent to an activating group) is 1. The second kappa shape index (κ2) is 6.72. The fraction of sp³-hybridized carbons (Fsp3) is 0.368. The van der Waals surface area contributed by atoms with Gasteiger partial charge < -0.3 is 9.64 Å². The molecule has 2 unspecified atom stereocenters. The van der Waals surface area contributed by atoms with Crippen LogP contribution in [-0.2, 0) is 0 Å². The highest BCUT2D eigenvalue weighted by Crippen LogP contribution is 2.70. The summed E-state index contributed by atoms with van der Waals surface area (Å²) in [6, 6.07) is 18.4. The second-order valence-corrected chi connectivity index (χ2v) is 7.71. The maximum absolute atomic E-state index is 6.53. The molecule has 0 aromatic heterocycles. The number of halogens is 2. The van der Waals surface area contributed by atoms with E-state index < -0.39 is 4.33 Å². The van der Waals surface area contributed by atoms with Crippen LogP contribution in [0.1, 0.15) is 23.0 Å². The number of ether oxygens (including phenoxy) is 1. The number of rotatable bonds is 6. The maximum Gasteiger partial charge on any atom is 0.133 e. The van der Waals surface area contributed by atoms with E-state index in [1.165, 1.54) is 5.56 Å². The predicted octanol–water partition coefficient (Wildman–Crippen LogP) is 4.68. The van der Waals surface area contributed by atoms with E-state index in [4.69, 9.17) is 27.9 Å². The third kappa shape index (κ3) is 3.65. The predicted molar refractivity (Wildman–Crippen MR) is 96.9 cm³/mol. The molecule has 0 saturated heterocycles. The summed E-state index contributed by atoms with van der Waals surface area (Å²) >= 11 is 13.1. The van der Waals surface area contributed by atoms with Crippen molar-refractivity contribution in [3.63, 3.8) is 0 Å². The minimum Gasteiger partial charge on any atom is -0.492 e. The van der Waals surface area contributed by atoms with Crippen molar-refractivity contribution >= 4 is 23.2 Å². The molecule has 1 aliphatic rings. The Balaban J connectivity index is 1.68. The highest BCUT2D eigenvalue weighted by molar-refractivity contribution is 6.52. The smallest absolute Gasteiger partial charge is 0.133 e. The first kappa shape index (κ1) is 16.6. The van der Waals surface area contributed by atoms with Gasteiger partial charge in [0.2, 0.25) is 0 Å². The first-order chi connectivity index (χ1) is 11.0. The van der Waals surface area contributed by atoms with E-state index in [0.29, 0.717) is 6.61 Å². The summed E-state index contributed by atoms with van der Waals surface area (Å²) < 4.78 is 5.00. The Hall–Kier alpha value is -1.22. The molecule has 0 heterocycles. The van der Waals surface area contributed by atoms with Crippen molar-refractivity contribution in [2.75, 3.05) is 27.2 Å². The normalized spacial score (nSPS) is 22.1. The number of alkyl halides is 2. The lowest BCUT2D eigenvalue weighted by Gasteiger charge is -2.11. The van der Waals surface area contributed by atoms with Gasteiger partial charge in [-0.25, -0.2) is 0 Å². The Morgan fingerprint density at radius 2 is 1.48 bits per heavy atom. The van der Waals surface area contributed by atoms with E-state index >= 15 is 0 Å². The van der Waals surface area contributed by atoms with Gasteiger partial charge >= 0.3 is 0 Å². The Labute approximate surface area is 148 Å². The molecule has 23 heavy (non-hydrogen) atoms. The summed E-state index contributed by atoms with van der Waals surface area (Å²) in [5.74, 6) is 1.15. The molecule has 2 atom stereocenters. The molecule has 0 radical (unpaired) electrons. The number of benzene rings is 2. The minimum absolute atomic E-state index is 0.129. The molecular formula is C19H21Cl2NO. The van der Waals surface area contributed by atoms with E-state index in [2.05, 4.69) is 29.2 Å². The van der Waals surface area contributed by atoms with Crippen LogP contribution in [-0.4, -0.2) is 36.5 Å². The fourth-order valence-electron chi connectivity index (χ4n) is 2.93. The first-order valence-corrected chi connectivity index (χ1v) is 8.56. The molecule has 2 nitrogen and oxygen atoms in total. The Morgan fingerprint density at radius 3 is 2.04 bits per heavy atom. The number of hydrogen-bond acceptors (Lipinski definition) is 2. The molecule has 1 saturated carbocycles. The van der Waals surface area contributed by atoms with Crippen molar-refractivity contribution in [3.8, 4) is 5.75 Å². The van der Waals surface area contributed by atoms with Gasteiger partial charge in [0.1, 0.15) is 16.7 Å². The van der Waals surface area contributed by atoms with Gasteiger partial charge in [-0.2, -0.15) is 0 Å². The molecule has 1 aliphatic carbocycles. The fourth-order valence-corrected chi connectivity index (χ4v) is 3.82. The van der Waals surface area contributed by atoms with Crippen LogP contribution in [0, 0.1) is 0 Å². The van der Waals surface area contributed by atoms with E-state index in [1.54, 1.807) is 0 Å². The summed E-state index contributed by atoms with van der Waals surface area (Å²) in [5.41, 5.74) is 2.35. The summed E-state index contributed by atoms with van der Waals surface area (Å²) in [7, 11) is 4.06. The van der Waals surface area contributed by atoms with Crippen molar-refractivity contribution in [1.82, 2.24) is 4.90 Å². The first-order valence-electron chi connectivity index (χ1n) is 7.80. The number of hydrogen-bond donors (Lipinski definition) is 0. The van der Waals surface area contributed by atoms with E-state index in [1.807, 2.05) is 44.4 Å². The van der Waals surface area contributed by atoms with E-state index in [9.17, 15) is 0 Å². The molecule has 1 fully saturated rings. The maximum atomic E-state index is 6.53. The highest BCUT2D eigenvalue weighted by atomic mass is 35.5. The molecule has 0 amide bonds. The van der Waals surface area contributed by atoms with Gasteiger partial charge in [-0.1, -0.05) is 42.5 Å². The van der Waals surface area contributed by atoms with Crippen molar-refractivity contribution in [1.29, 1.82) is 0 Å². The van der Waals surface area contributed by atoms with Gasteiger partial charge in [-0.05, 0) is 37.4 Å². The summed E-state index contributed by atoms with van der Waals surface area (Å²) in [6.07, 6.45) is 0. The summed E-state index contributed by atoms with van der Waals surface area (Å²) in [4.78, 5) is 2.10. The lowest BCUT2D eigenvalue weighted by Crippen LogP contribution is -2.19. The lowest BCUT2D eigenvalue weighted by molar-refractivity contribution is 0.261. The van der Waals surface area contributed by atoms with Crippen LogP contribution in [0.4, 0.5) is 0 Å². The van der Waals surface area contributed by atoms with Gasteiger partial charge in [0.25, 0.3) is 0 Å². The zero-order chi connectivity index (χ0) is 16.4. The molecule has 3 rings (SSSR count). The van der Waals surface area contributed by atoms with Crippen molar-refractivity contribution < 1.29 is 4.74 Å². The van der Waals surface area contributed by atoms with Crippen LogP contribution in [0.3, 0.4) is 0 Å². The van der Waals surface area contributed by atoms with E-state index in [0.717, 1.165) is 17.9 Å². The molecule has 0 N–H and O–H groups in total. The molecule has 2 aromatic carbocycles. The quantitative estimate of drug-likeness (QED) is 0.702. The molecule has 4 heteroatoms. The zero-order valence-electron chi connectivity index (χ0n) is 13.4. The molecule has 0 aliphatic heterocycles. The zero-order valence-corrected chi connectivity index (χ0v) is 14.9. The van der Waals surface area contributed by atoms with Crippen LogP contribution in [0.25, 0.3) is 0 Å². The number of nitrogens with zero attached hydrogens (tertiary/aromatic N) is 1.